The third-order valence-electron chi connectivity index (χ3n) is 3.42. The molecule has 0 radical (unpaired) electrons. The molecule has 0 aliphatic rings. The lowest BCUT2D eigenvalue weighted by molar-refractivity contribution is -0.115. The molecule has 2 aromatic carbocycles. The molecule has 0 bridgehead atoms. The van der Waals surface area contributed by atoms with Crippen molar-refractivity contribution in [1.82, 2.24) is 10.2 Å². The number of benzene rings is 2. The minimum atomic E-state index is -0.433. The van der Waals surface area contributed by atoms with Gasteiger partial charge in [-0.2, -0.15) is 0 Å². The van der Waals surface area contributed by atoms with Crippen LogP contribution in [0.4, 0.5) is 5.69 Å². The average Bonchev–Trinajstić information content (AvgIpc) is 3.01. The van der Waals surface area contributed by atoms with E-state index in [9.17, 15) is 4.79 Å². The number of halogens is 2. The molecule has 1 aromatic heterocycles. The normalized spacial score (nSPS) is 12.0. The van der Waals surface area contributed by atoms with Gasteiger partial charge in [0.25, 0.3) is 5.22 Å². The van der Waals surface area contributed by atoms with Gasteiger partial charge in [0, 0.05) is 15.7 Å². The molecule has 0 aliphatic heterocycles. The molecule has 3 aromatic rings. The van der Waals surface area contributed by atoms with Crippen molar-refractivity contribution >= 4 is 46.6 Å². The van der Waals surface area contributed by atoms with Crippen LogP contribution in [0.25, 0.3) is 0 Å². The van der Waals surface area contributed by atoms with Gasteiger partial charge in [0.2, 0.25) is 11.8 Å². The Balaban J connectivity index is 1.59. The highest BCUT2D eigenvalue weighted by molar-refractivity contribution is 8.00. The summed E-state index contributed by atoms with van der Waals surface area (Å²) in [5, 5.41) is 11.6. The highest BCUT2D eigenvalue weighted by Gasteiger charge is 2.19. The van der Waals surface area contributed by atoms with E-state index in [0.29, 0.717) is 33.3 Å². The Bertz CT molecular complexity index is 882. The van der Waals surface area contributed by atoms with Crippen molar-refractivity contribution in [2.24, 2.45) is 0 Å². The van der Waals surface area contributed by atoms with Crippen molar-refractivity contribution in [2.45, 2.75) is 23.8 Å². The van der Waals surface area contributed by atoms with Gasteiger partial charge in [0.15, 0.2) is 0 Å². The number of hydrogen-bond acceptors (Lipinski definition) is 5. The minimum Gasteiger partial charge on any atom is -0.416 e. The zero-order valence-electron chi connectivity index (χ0n) is 13.8. The van der Waals surface area contributed by atoms with Gasteiger partial charge in [-0.15, -0.1) is 10.2 Å². The van der Waals surface area contributed by atoms with Gasteiger partial charge in [-0.3, -0.25) is 4.79 Å². The maximum absolute atomic E-state index is 12.3. The Labute approximate surface area is 165 Å². The molecule has 26 heavy (non-hydrogen) atoms. The van der Waals surface area contributed by atoms with Crippen molar-refractivity contribution < 1.29 is 9.21 Å². The van der Waals surface area contributed by atoms with Crippen LogP contribution >= 0.6 is 35.0 Å². The van der Waals surface area contributed by atoms with Gasteiger partial charge in [-0.05, 0) is 30.7 Å². The second-order valence-corrected chi connectivity index (χ2v) is 7.70. The number of aromatic nitrogens is 2. The zero-order chi connectivity index (χ0) is 18.5. The maximum Gasteiger partial charge on any atom is 0.277 e. The summed E-state index contributed by atoms with van der Waals surface area (Å²) in [4.78, 5) is 12.3. The van der Waals surface area contributed by atoms with Crippen LogP contribution in [0.5, 0.6) is 0 Å². The molecule has 1 amide bonds. The number of hydrogen-bond donors (Lipinski definition) is 1. The molecule has 1 atom stereocenters. The Morgan fingerprint density at radius 1 is 1.15 bits per heavy atom. The third-order valence-corrected chi connectivity index (χ3v) is 4.79. The van der Waals surface area contributed by atoms with Gasteiger partial charge < -0.3 is 9.73 Å². The van der Waals surface area contributed by atoms with Crippen molar-refractivity contribution in [3.8, 4) is 0 Å². The van der Waals surface area contributed by atoms with Crippen molar-refractivity contribution in [3.63, 3.8) is 0 Å². The summed E-state index contributed by atoms with van der Waals surface area (Å²) in [5.41, 5.74) is 1.62. The highest BCUT2D eigenvalue weighted by atomic mass is 35.5. The summed E-state index contributed by atoms with van der Waals surface area (Å²) >= 11 is 13.1. The van der Waals surface area contributed by atoms with Crippen molar-refractivity contribution in [1.29, 1.82) is 0 Å². The van der Waals surface area contributed by atoms with Crippen LogP contribution in [-0.4, -0.2) is 21.4 Å². The number of rotatable bonds is 6. The first-order valence-electron chi connectivity index (χ1n) is 7.79. The molecular formula is C18H15Cl2N3O2S. The van der Waals surface area contributed by atoms with Gasteiger partial charge in [-0.25, -0.2) is 0 Å². The lowest BCUT2D eigenvalue weighted by Crippen LogP contribution is -2.22. The van der Waals surface area contributed by atoms with E-state index < -0.39 is 5.25 Å². The predicted molar refractivity (Wildman–Crippen MR) is 104 cm³/mol. The quantitative estimate of drug-likeness (QED) is 0.576. The number of nitrogens with zero attached hydrogens (tertiary/aromatic N) is 2. The predicted octanol–water partition coefficient (Wildman–Crippen LogP) is 5.09. The molecule has 1 heterocycles. The molecule has 0 saturated heterocycles. The average molecular weight is 408 g/mol. The number of amides is 1. The van der Waals surface area contributed by atoms with Crippen LogP contribution in [0.2, 0.25) is 10.0 Å². The largest absolute Gasteiger partial charge is 0.416 e. The highest BCUT2D eigenvalue weighted by Crippen LogP contribution is 2.26. The molecular weight excluding hydrogens is 393 g/mol. The van der Waals surface area contributed by atoms with E-state index in [1.165, 1.54) is 11.8 Å². The maximum atomic E-state index is 12.3. The van der Waals surface area contributed by atoms with Crippen LogP contribution < -0.4 is 5.32 Å². The van der Waals surface area contributed by atoms with E-state index in [-0.39, 0.29) is 5.91 Å². The van der Waals surface area contributed by atoms with Crippen LogP contribution in [0, 0.1) is 0 Å². The van der Waals surface area contributed by atoms with E-state index in [0.717, 1.165) is 5.56 Å². The van der Waals surface area contributed by atoms with Crippen LogP contribution in [0.15, 0.2) is 58.2 Å². The zero-order valence-corrected chi connectivity index (χ0v) is 16.1. The van der Waals surface area contributed by atoms with Gasteiger partial charge in [-0.1, -0.05) is 65.3 Å². The molecule has 0 saturated carbocycles. The fraction of sp³-hybridized carbons (Fsp3) is 0.167. The third kappa shape index (κ3) is 5.24. The monoisotopic (exact) mass is 407 g/mol. The number of thioether (sulfide) groups is 1. The standard InChI is InChI=1S/C18H15Cl2N3O2S/c1-11(17(24)21-15-9-13(19)8-14(20)10-15)26-18-23-22-16(25-18)7-12-5-3-2-4-6-12/h2-6,8-11H,7H2,1H3,(H,21,24)/t11-/m1/s1. The summed E-state index contributed by atoms with van der Waals surface area (Å²) in [5.74, 6) is 0.295. The van der Waals surface area contributed by atoms with Gasteiger partial charge in [0.1, 0.15) is 0 Å². The smallest absolute Gasteiger partial charge is 0.277 e. The van der Waals surface area contributed by atoms with Crippen LogP contribution in [-0.2, 0) is 11.2 Å². The van der Waals surface area contributed by atoms with E-state index in [1.54, 1.807) is 25.1 Å². The molecule has 8 heteroatoms. The van der Waals surface area contributed by atoms with Gasteiger partial charge in [0.05, 0.1) is 11.7 Å². The molecule has 1 N–H and O–H groups in total. The number of carbonyl (C=O) groups excluding carboxylic acids is 1. The van der Waals surface area contributed by atoms with Gasteiger partial charge >= 0.3 is 0 Å². The molecule has 134 valence electrons. The van der Waals surface area contributed by atoms with Crippen molar-refractivity contribution in [3.05, 3.63) is 70.0 Å². The molecule has 0 fully saturated rings. The number of anilines is 1. The first kappa shape index (κ1) is 18.8. The van der Waals surface area contributed by atoms with E-state index in [2.05, 4.69) is 15.5 Å². The summed E-state index contributed by atoms with van der Waals surface area (Å²) in [7, 11) is 0. The Morgan fingerprint density at radius 3 is 2.54 bits per heavy atom. The molecule has 3 rings (SSSR count). The lowest BCUT2D eigenvalue weighted by atomic mass is 10.2. The van der Waals surface area contributed by atoms with E-state index in [1.807, 2.05) is 30.3 Å². The Hall–Kier alpha value is -2.02. The Kier molecular flexibility index (Phi) is 6.19. The van der Waals surface area contributed by atoms with Crippen LogP contribution in [0.3, 0.4) is 0 Å². The second-order valence-electron chi connectivity index (χ2n) is 5.53. The van der Waals surface area contributed by atoms with Crippen molar-refractivity contribution in [2.75, 3.05) is 5.32 Å². The first-order chi connectivity index (χ1) is 12.5. The number of nitrogens with one attached hydrogen (secondary N) is 1. The fourth-order valence-electron chi connectivity index (χ4n) is 2.20. The SMILES string of the molecule is C[C@@H](Sc1nnc(Cc2ccccc2)o1)C(=O)Nc1cc(Cl)cc(Cl)c1. The lowest BCUT2D eigenvalue weighted by Gasteiger charge is -2.10. The summed E-state index contributed by atoms with van der Waals surface area (Å²) in [6.07, 6.45) is 0.552. The summed E-state index contributed by atoms with van der Waals surface area (Å²) in [6, 6.07) is 14.7. The molecule has 5 nitrogen and oxygen atoms in total. The molecule has 0 aliphatic carbocycles. The van der Waals surface area contributed by atoms with E-state index >= 15 is 0 Å². The summed E-state index contributed by atoms with van der Waals surface area (Å²) < 4.78 is 5.62. The van der Waals surface area contributed by atoms with E-state index in [4.69, 9.17) is 27.6 Å². The first-order valence-corrected chi connectivity index (χ1v) is 9.43. The topological polar surface area (TPSA) is 68.0 Å². The van der Waals surface area contributed by atoms with Crippen LogP contribution in [0.1, 0.15) is 18.4 Å². The fourth-order valence-corrected chi connectivity index (χ4v) is 3.43. The molecule has 0 spiro atoms. The second kappa shape index (κ2) is 8.58. The minimum absolute atomic E-state index is 0.212. The Morgan fingerprint density at radius 2 is 1.85 bits per heavy atom. The molecule has 0 unspecified atom stereocenters. The number of carbonyl (C=O) groups is 1. The summed E-state index contributed by atoms with van der Waals surface area (Å²) in [6.45, 7) is 1.76.